The van der Waals surface area contributed by atoms with Gasteiger partial charge in [-0.1, -0.05) is 41.9 Å². The largest absolute Gasteiger partial charge is 0.324 e. The molecule has 2 aromatic carbocycles. The summed E-state index contributed by atoms with van der Waals surface area (Å²) in [6, 6.07) is 14.8. The number of para-hydroxylation sites is 2. The van der Waals surface area contributed by atoms with E-state index in [1.807, 2.05) is 67.4 Å². The predicted molar refractivity (Wildman–Crippen MR) is 104 cm³/mol. The molecule has 0 radical (unpaired) electrons. The zero-order chi connectivity index (χ0) is 18.7. The number of carbonyl (C=O) groups is 2. The summed E-state index contributed by atoms with van der Waals surface area (Å²) in [5.41, 5.74) is 2.39. The lowest BCUT2D eigenvalue weighted by Gasteiger charge is -2.29. The number of hydrogen-bond acceptors (Lipinski definition) is 3. The number of nitrogens with zero attached hydrogens (tertiary/aromatic N) is 2. The van der Waals surface area contributed by atoms with E-state index >= 15 is 0 Å². The Labute approximate surface area is 158 Å². The lowest BCUT2D eigenvalue weighted by molar-refractivity contribution is -0.120. The topological polar surface area (TPSA) is 52.7 Å². The molecule has 0 saturated heterocycles. The van der Waals surface area contributed by atoms with Gasteiger partial charge in [-0.25, -0.2) is 0 Å². The Morgan fingerprint density at radius 2 is 1.92 bits per heavy atom. The molecular weight excluding hydrogens is 350 g/mol. The number of rotatable bonds is 4. The predicted octanol–water partition coefficient (Wildman–Crippen LogP) is 3.54. The number of hydrogen-bond donors (Lipinski definition) is 1. The molecular formula is C20H22ClN3O2. The first-order chi connectivity index (χ1) is 12.5. The van der Waals surface area contributed by atoms with Gasteiger partial charge >= 0.3 is 0 Å². The molecule has 2 amide bonds. The standard InChI is InChI=1S/C20H22ClN3O2/c1-14-11-19(25)22-17-9-5-6-10-18(17)24(14)20(26)13-23(2)12-15-7-3-4-8-16(15)21/h3-10,14H,11-13H2,1-2H3,(H,22,25)/t14-/m1/s1. The third-order valence-electron chi connectivity index (χ3n) is 4.43. The molecule has 1 heterocycles. The molecule has 0 aliphatic carbocycles. The molecule has 0 bridgehead atoms. The van der Waals surface area contributed by atoms with Crippen LogP contribution in [0.4, 0.5) is 11.4 Å². The van der Waals surface area contributed by atoms with E-state index in [0.29, 0.717) is 17.3 Å². The molecule has 2 aromatic rings. The SMILES string of the molecule is C[C@@H]1CC(=O)Nc2ccccc2N1C(=O)CN(C)Cc1ccccc1Cl. The van der Waals surface area contributed by atoms with Gasteiger partial charge in [-0.3, -0.25) is 14.5 Å². The van der Waals surface area contributed by atoms with Crippen LogP contribution in [0.3, 0.4) is 0 Å². The number of likely N-dealkylation sites (N-methyl/N-ethyl adjacent to an activating group) is 1. The number of anilines is 2. The Kier molecular flexibility index (Phi) is 5.59. The highest BCUT2D eigenvalue weighted by atomic mass is 35.5. The summed E-state index contributed by atoms with van der Waals surface area (Å²) in [7, 11) is 1.89. The van der Waals surface area contributed by atoms with E-state index in [1.165, 1.54) is 0 Å². The number of amides is 2. The van der Waals surface area contributed by atoms with Crippen molar-refractivity contribution in [2.24, 2.45) is 0 Å². The van der Waals surface area contributed by atoms with E-state index < -0.39 is 0 Å². The van der Waals surface area contributed by atoms with Gasteiger partial charge in [0.05, 0.1) is 17.9 Å². The highest BCUT2D eigenvalue weighted by Crippen LogP contribution is 2.31. The van der Waals surface area contributed by atoms with Gasteiger partial charge in [0, 0.05) is 24.0 Å². The van der Waals surface area contributed by atoms with Crippen molar-refractivity contribution in [1.29, 1.82) is 0 Å². The average Bonchev–Trinajstić information content (AvgIpc) is 2.71. The maximum absolute atomic E-state index is 13.0. The molecule has 0 saturated carbocycles. The van der Waals surface area contributed by atoms with E-state index in [2.05, 4.69) is 5.32 Å². The number of fused-ring (bicyclic) bond motifs is 1. The maximum Gasteiger partial charge on any atom is 0.241 e. The van der Waals surface area contributed by atoms with Crippen LogP contribution in [0.25, 0.3) is 0 Å². The van der Waals surface area contributed by atoms with Crippen LogP contribution in [-0.4, -0.2) is 36.3 Å². The van der Waals surface area contributed by atoms with E-state index in [4.69, 9.17) is 11.6 Å². The van der Waals surface area contributed by atoms with Crippen LogP contribution in [-0.2, 0) is 16.1 Å². The maximum atomic E-state index is 13.0. The van der Waals surface area contributed by atoms with Gasteiger partial charge in [-0.15, -0.1) is 0 Å². The molecule has 1 atom stereocenters. The molecule has 0 fully saturated rings. The summed E-state index contributed by atoms with van der Waals surface area (Å²) in [5.74, 6) is -0.124. The zero-order valence-corrected chi connectivity index (χ0v) is 15.7. The molecule has 0 aromatic heterocycles. The van der Waals surface area contributed by atoms with Crippen molar-refractivity contribution in [3.63, 3.8) is 0 Å². The third kappa shape index (κ3) is 4.06. The lowest BCUT2D eigenvalue weighted by Crippen LogP contribution is -2.44. The summed E-state index contributed by atoms with van der Waals surface area (Å²) in [5, 5.41) is 3.56. The van der Waals surface area contributed by atoms with Crippen LogP contribution in [0.15, 0.2) is 48.5 Å². The van der Waals surface area contributed by atoms with Gasteiger partial charge in [0.15, 0.2) is 0 Å². The van der Waals surface area contributed by atoms with E-state index in [1.54, 1.807) is 4.90 Å². The second kappa shape index (κ2) is 7.89. The number of nitrogens with one attached hydrogen (secondary N) is 1. The molecule has 0 unspecified atom stereocenters. The fourth-order valence-electron chi connectivity index (χ4n) is 3.25. The molecule has 1 N–H and O–H groups in total. The monoisotopic (exact) mass is 371 g/mol. The first-order valence-electron chi connectivity index (χ1n) is 8.58. The number of benzene rings is 2. The second-order valence-electron chi connectivity index (χ2n) is 6.65. The van der Waals surface area contributed by atoms with Crippen molar-refractivity contribution in [3.05, 3.63) is 59.1 Å². The van der Waals surface area contributed by atoms with Crippen molar-refractivity contribution >= 4 is 34.8 Å². The van der Waals surface area contributed by atoms with Gasteiger partial charge in [0.1, 0.15) is 0 Å². The Morgan fingerprint density at radius 3 is 2.69 bits per heavy atom. The summed E-state index contributed by atoms with van der Waals surface area (Å²) < 4.78 is 0. The molecule has 1 aliphatic rings. The third-order valence-corrected chi connectivity index (χ3v) is 4.80. The molecule has 3 rings (SSSR count). The van der Waals surface area contributed by atoms with E-state index in [9.17, 15) is 9.59 Å². The summed E-state index contributed by atoms with van der Waals surface area (Å²) >= 11 is 6.21. The van der Waals surface area contributed by atoms with Crippen LogP contribution in [0, 0.1) is 0 Å². The molecule has 0 spiro atoms. The minimum Gasteiger partial charge on any atom is -0.324 e. The van der Waals surface area contributed by atoms with Gasteiger partial charge < -0.3 is 10.2 Å². The quantitative estimate of drug-likeness (QED) is 0.894. The summed E-state index contributed by atoms with van der Waals surface area (Å²) in [4.78, 5) is 28.7. The van der Waals surface area contributed by atoms with E-state index in [-0.39, 0.29) is 30.8 Å². The Morgan fingerprint density at radius 1 is 1.23 bits per heavy atom. The minimum atomic E-state index is -0.208. The van der Waals surface area contributed by atoms with Crippen LogP contribution >= 0.6 is 11.6 Å². The summed E-state index contributed by atoms with van der Waals surface area (Å²) in [6.07, 6.45) is 0.272. The van der Waals surface area contributed by atoms with Crippen molar-refractivity contribution in [3.8, 4) is 0 Å². The Bertz CT molecular complexity index is 824. The Hall–Kier alpha value is -2.37. The highest BCUT2D eigenvalue weighted by Gasteiger charge is 2.29. The van der Waals surface area contributed by atoms with Gasteiger partial charge in [0.2, 0.25) is 11.8 Å². The highest BCUT2D eigenvalue weighted by molar-refractivity contribution is 6.31. The molecule has 6 heteroatoms. The fourth-order valence-corrected chi connectivity index (χ4v) is 3.44. The minimum absolute atomic E-state index is 0.0454. The van der Waals surface area contributed by atoms with Crippen molar-refractivity contribution < 1.29 is 9.59 Å². The van der Waals surface area contributed by atoms with Gasteiger partial charge in [0.25, 0.3) is 0 Å². The fraction of sp³-hybridized carbons (Fsp3) is 0.300. The van der Waals surface area contributed by atoms with Crippen molar-refractivity contribution in [1.82, 2.24) is 4.90 Å². The van der Waals surface area contributed by atoms with Gasteiger partial charge in [-0.2, -0.15) is 0 Å². The van der Waals surface area contributed by atoms with E-state index in [0.717, 1.165) is 11.3 Å². The molecule has 5 nitrogen and oxygen atoms in total. The first-order valence-corrected chi connectivity index (χ1v) is 8.96. The van der Waals surface area contributed by atoms with Crippen LogP contribution in [0.5, 0.6) is 0 Å². The van der Waals surface area contributed by atoms with Crippen molar-refractivity contribution in [2.45, 2.75) is 25.9 Å². The zero-order valence-electron chi connectivity index (χ0n) is 14.9. The molecule has 1 aliphatic heterocycles. The van der Waals surface area contributed by atoms with Crippen molar-refractivity contribution in [2.75, 3.05) is 23.8 Å². The number of carbonyl (C=O) groups excluding carboxylic acids is 2. The average molecular weight is 372 g/mol. The van der Waals surface area contributed by atoms with Crippen LogP contribution in [0.2, 0.25) is 5.02 Å². The smallest absolute Gasteiger partial charge is 0.241 e. The number of halogens is 1. The summed E-state index contributed by atoms with van der Waals surface area (Å²) in [6.45, 7) is 2.71. The molecule has 136 valence electrons. The second-order valence-corrected chi connectivity index (χ2v) is 7.05. The van der Waals surface area contributed by atoms with Crippen LogP contribution in [0.1, 0.15) is 18.9 Å². The lowest BCUT2D eigenvalue weighted by atomic mass is 10.1. The normalized spacial score (nSPS) is 16.8. The van der Waals surface area contributed by atoms with Crippen LogP contribution < -0.4 is 10.2 Å². The Balaban J connectivity index is 1.78. The van der Waals surface area contributed by atoms with Gasteiger partial charge in [-0.05, 0) is 37.7 Å². The first kappa shape index (κ1) is 18.4. The molecule has 26 heavy (non-hydrogen) atoms.